The first-order chi connectivity index (χ1) is 29.3. The fourth-order valence-corrected chi connectivity index (χ4v) is 10.5. The molecule has 2 aromatic heterocycles. The third-order valence-corrected chi connectivity index (χ3v) is 13.5. The van der Waals surface area contributed by atoms with Crippen LogP contribution in [-0.4, -0.2) is 16.1 Å². The topological polar surface area (TPSA) is 29.6 Å². The number of thiophene rings is 1. The van der Waals surface area contributed by atoms with Crippen molar-refractivity contribution in [3.8, 4) is 27.9 Å². The van der Waals surface area contributed by atoms with E-state index >= 15 is 0 Å². The highest BCUT2D eigenvalue weighted by Crippen LogP contribution is 2.50. The minimum atomic E-state index is -0.0647. The number of fused-ring (bicyclic) bond motifs is 9. The largest absolute Gasteiger partial charge is 0.309 e. The summed E-state index contributed by atoms with van der Waals surface area (Å²) >= 11 is 1.81. The van der Waals surface area contributed by atoms with Gasteiger partial charge in [-0.15, -0.1) is 11.3 Å². The maximum absolute atomic E-state index is 5.21. The Morgan fingerprint density at radius 3 is 1.97 bits per heavy atom. The summed E-state index contributed by atoms with van der Waals surface area (Å²) in [5, 5.41) is 4.91. The second-order valence-electron chi connectivity index (χ2n) is 16.3. The van der Waals surface area contributed by atoms with Gasteiger partial charge in [-0.1, -0.05) is 160 Å². The first kappa shape index (κ1) is 36.0. The fourth-order valence-electron chi connectivity index (χ4n) is 9.31. The highest BCUT2D eigenvalue weighted by molar-refractivity contribution is 7.25. The van der Waals surface area contributed by atoms with E-state index in [1.165, 1.54) is 64.3 Å². The number of para-hydroxylation sites is 1. The van der Waals surface area contributed by atoms with Crippen molar-refractivity contribution in [1.29, 1.82) is 0 Å². The van der Waals surface area contributed by atoms with Crippen LogP contribution in [0.25, 0.3) is 75.6 Å². The quantitative estimate of drug-likeness (QED) is 0.119. The number of hydrogen-bond donors (Lipinski definition) is 0. The Hall–Kier alpha value is -7.14. The Morgan fingerprint density at radius 1 is 0.517 bits per heavy atom. The molecule has 0 saturated heterocycles. The molecule has 11 rings (SSSR count). The summed E-state index contributed by atoms with van der Waals surface area (Å²) < 4.78 is 4.89. The van der Waals surface area contributed by atoms with Gasteiger partial charge in [0.25, 0.3) is 0 Å². The number of aromatic nitrogens is 1. The van der Waals surface area contributed by atoms with E-state index in [1.54, 1.807) is 0 Å². The molecule has 0 aliphatic heterocycles. The van der Waals surface area contributed by atoms with Crippen LogP contribution >= 0.6 is 11.3 Å². The lowest BCUT2D eigenvalue weighted by Gasteiger charge is -2.22. The molecule has 0 amide bonds. The minimum absolute atomic E-state index is 0.0647. The molecular weight excluding hydrogens is 747 g/mol. The normalized spacial score (nSPS) is 13.7. The predicted molar refractivity (Wildman–Crippen MR) is 257 cm³/mol. The van der Waals surface area contributed by atoms with Gasteiger partial charge in [0.1, 0.15) is 0 Å². The van der Waals surface area contributed by atoms with Crippen LogP contribution in [0.2, 0.25) is 0 Å². The fraction of sp³-hybridized carbons (Fsp3) is 0.0714. The van der Waals surface area contributed by atoms with Crippen molar-refractivity contribution in [2.24, 2.45) is 9.98 Å². The number of hydrogen-bond acceptors (Lipinski definition) is 2. The highest BCUT2D eigenvalue weighted by atomic mass is 32.1. The molecule has 0 saturated carbocycles. The van der Waals surface area contributed by atoms with Crippen LogP contribution in [0.15, 0.2) is 199 Å². The zero-order valence-electron chi connectivity index (χ0n) is 33.8. The van der Waals surface area contributed by atoms with Gasteiger partial charge in [-0.2, -0.15) is 0 Å². The number of rotatable bonds is 6. The van der Waals surface area contributed by atoms with Crippen LogP contribution in [0.1, 0.15) is 48.6 Å². The third kappa shape index (κ3) is 5.78. The number of benzene rings is 8. The molecule has 0 spiro atoms. The molecule has 8 aromatic carbocycles. The average molecular weight is 788 g/mol. The smallest absolute Gasteiger partial charge is 0.160 e. The van der Waals surface area contributed by atoms with Gasteiger partial charge in [-0.05, 0) is 88.3 Å². The van der Waals surface area contributed by atoms with Crippen molar-refractivity contribution in [2.45, 2.75) is 26.2 Å². The maximum atomic E-state index is 5.21. The minimum Gasteiger partial charge on any atom is -0.309 e. The SMILES string of the molecule is C=C(N=C(N=C(C)c1ccccc1)c1ccccc1)c1cc(-n2c3ccccc3c3cc(-c4ccc5c(c4)C(C)(C)c4ccccc4-5)ccc32)c2c(c1)sc1ccccc12. The molecule has 0 unspecified atom stereocenters. The standard InChI is InChI=1S/C56H41N3S/c1-35(37-17-7-5-8-18-37)57-55(38-19-9-6-10-20-38)58-36(2)41-33-51(54-45-23-13-16-26-52(45)60-53(54)34-41)59-49-25-15-12-22-44(49)46-31-39(28-30-50(46)59)40-27-29-43-42-21-11-14-24-47(42)56(3,4)48(43)32-40/h5-34H,2H2,1,3-4H3. The molecule has 1 aliphatic rings. The van der Waals surface area contributed by atoms with Gasteiger partial charge >= 0.3 is 0 Å². The van der Waals surface area contributed by atoms with Crippen molar-refractivity contribution in [3.05, 3.63) is 216 Å². The molecule has 0 fully saturated rings. The van der Waals surface area contributed by atoms with E-state index in [0.29, 0.717) is 11.5 Å². The first-order valence-electron chi connectivity index (χ1n) is 20.5. The molecule has 60 heavy (non-hydrogen) atoms. The summed E-state index contributed by atoms with van der Waals surface area (Å²) in [6.45, 7) is 11.3. The second kappa shape index (κ2) is 14.0. The Kier molecular flexibility index (Phi) is 8.40. The zero-order valence-corrected chi connectivity index (χ0v) is 34.6. The summed E-state index contributed by atoms with van der Waals surface area (Å²) in [5.74, 6) is 0.628. The Balaban J connectivity index is 1.10. The Bertz CT molecular complexity index is 3420. The van der Waals surface area contributed by atoms with Crippen LogP contribution < -0.4 is 0 Å². The van der Waals surface area contributed by atoms with Crippen LogP contribution in [-0.2, 0) is 5.41 Å². The molecule has 10 aromatic rings. The highest BCUT2D eigenvalue weighted by Gasteiger charge is 2.35. The van der Waals surface area contributed by atoms with Gasteiger partial charge in [0.2, 0.25) is 0 Å². The van der Waals surface area contributed by atoms with Crippen LogP contribution in [0.3, 0.4) is 0 Å². The summed E-state index contributed by atoms with van der Waals surface area (Å²) in [4.78, 5) is 10.3. The van der Waals surface area contributed by atoms with Crippen molar-refractivity contribution < 1.29 is 0 Å². The number of amidine groups is 1. The molecule has 0 radical (unpaired) electrons. The van der Waals surface area contributed by atoms with E-state index in [0.717, 1.165) is 39.1 Å². The monoisotopic (exact) mass is 787 g/mol. The van der Waals surface area contributed by atoms with Crippen molar-refractivity contribution in [1.82, 2.24) is 4.57 Å². The van der Waals surface area contributed by atoms with Crippen molar-refractivity contribution in [2.75, 3.05) is 0 Å². The van der Waals surface area contributed by atoms with E-state index in [-0.39, 0.29) is 5.41 Å². The van der Waals surface area contributed by atoms with E-state index in [2.05, 4.69) is 171 Å². The lowest BCUT2D eigenvalue weighted by atomic mass is 9.81. The van der Waals surface area contributed by atoms with E-state index < -0.39 is 0 Å². The third-order valence-electron chi connectivity index (χ3n) is 12.4. The van der Waals surface area contributed by atoms with Gasteiger partial charge in [-0.25, -0.2) is 9.98 Å². The summed E-state index contributed by atoms with van der Waals surface area (Å²) in [7, 11) is 0. The maximum Gasteiger partial charge on any atom is 0.160 e. The summed E-state index contributed by atoms with van der Waals surface area (Å²) in [6.07, 6.45) is 0. The molecule has 0 N–H and O–H groups in total. The molecular formula is C56H41N3S. The lowest BCUT2D eigenvalue weighted by Crippen LogP contribution is -2.14. The van der Waals surface area contributed by atoms with Crippen molar-refractivity contribution >= 4 is 70.6 Å². The number of nitrogens with zero attached hydrogens (tertiary/aromatic N) is 3. The average Bonchev–Trinajstić information content (AvgIpc) is 3.91. The van der Waals surface area contributed by atoms with Gasteiger partial charge in [0, 0.05) is 53.2 Å². The molecule has 1 aliphatic carbocycles. The second-order valence-corrected chi connectivity index (χ2v) is 17.4. The van der Waals surface area contributed by atoms with Crippen LogP contribution in [0, 0.1) is 0 Å². The first-order valence-corrected chi connectivity index (χ1v) is 21.3. The van der Waals surface area contributed by atoms with E-state index in [9.17, 15) is 0 Å². The van der Waals surface area contributed by atoms with Crippen molar-refractivity contribution in [3.63, 3.8) is 0 Å². The Morgan fingerprint density at radius 2 is 1.15 bits per heavy atom. The van der Waals surface area contributed by atoms with Crippen LogP contribution in [0.5, 0.6) is 0 Å². The Labute approximate surface area is 354 Å². The molecule has 0 atom stereocenters. The molecule has 2 heterocycles. The van der Waals surface area contributed by atoms with Gasteiger partial charge in [0.05, 0.1) is 22.4 Å². The van der Waals surface area contributed by atoms with Gasteiger partial charge < -0.3 is 4.57 Å². The van der Waals surface area contributed by atoms with Crippen LogP contribution in [0.4, 0.5) is 0 Å². The van der Waals surface area contributed by atoms with E-state index in [1.807, 2.05) is 54.7 Å². The molecule has 3 nitrogen and oxygen atoms in total. The lowest BCUT2D eigenvalue weighted by molar-refractivity contribution is 0.660. The number of aliphatic imine (C=N–C) groups is 2. The van der Waals surface area contributed by atoms with Gasteiger partial charge in [-0.3, -0.25) is 0 Å². The molecule has 286 valence electrons. The summed E-state index contributed by atoms with van der Waals surface area (Å²) in [5.41, 5.74) is 15.8. The van der Waals surface area contributed by atoms with E-state index in [4.69, 9.17) is 9.98 Å². The predicted octanol–water partition coefficient (Wildman–Crippen LogP) is 15.1. The summed E-state index contributed by atoms with van der Waals surface area (Å²) in [6, 6.07) is 65.4. The molecule has 0 bridgehead atoms. The zero-order chi connectivity index (χ0) is 40.5. The molecule has 4 heteroatoms. The van der Waals surface area contributed by atoms with Gasteiger partial charge in [0.15, 0.2) is 5.84 Å².